The maximum atomic E-state index is 13.7. The van der Waals surface area contributed by atoms with Crippen molar-refractivity contribution in [3.05, 3.63) is 41.8 Å². The Labute approximate surface area is 113 Å². The van der Waals surface area contributed by atoms with Gasteiger partial charge < -0.3 is 10.2 Å². The van der Waals surface area contributed by atoms with E-state index in [0.717, 1.165) is 37.1 Å². The zero-order chi connectivity index (χ0) is 13.7. The first-order valence-electron chi connectivity index (χ1n) is 6.57. The number of nitrogens with one attached hydrogen (secondary N) is 1. The van der Waals surface area contributed by atoms with Crippen molar-refractivity contribution in [2.45, 2.75) is 13.0 Å². The highest BCUT2D eigenvalue weighted by atomic mass is 19.1. The molecule has 102 valence electrons. The number of hydrogen-bond donors (Lipinski definition) is 1. The highest BCUT2D eigenvalue weighted by molar-refractivity contribution is 5.82. The van der Waals surface area contributed by atoms with Crippen LogP contribution in [0.15, 0.2) is 30.5 Å². The van der Waals surface area contributed by atoms with Crippen molar-refractivity contribution >= 4 is 10.9 Å². The van der Waals surface area contributed by atoms with Crippen molar-refractivity contribution in [1.82, 2.24) is 15.2 Å². The van der Waals surface area contributed by atoms with Gasteiger partial charge in [-0.2, -0.15) is 0 Å². The Kier molecular flexibility index (Phi) is 4.82. The van der Waals surface area contributed by atoms with Gasteiger partial charge in [0.05, 0.1) is 5.52 Å². The molecular formula is C15H20FN3. The van der Waals surface area contributed by atoms with Crippen LogP contribution in [0.1, 0.15) is 12.0 Å². The molecule has 0 saturated heterocycles. The van der Waals surface area contributed by atoms with Crippen LogP contribution in [0.3, 0.4) is 0 Å². The first kappa shape index (κ1) is 13.9. The summed E-state index contributed by atoms with van der Waals surface area (Å²) in [6.07, 6.45) is 2.81. The van der Waals surface area contributed by atoms with Crippen molar-refractivity contribution in [1.29, 1.82) is 0 Å². The molecule has 0 fully saturated rings. The van der Waals surface area contributed by atoms with Crippen molar-refractivity contribution in [2.75, 3.05) is 27.2 Å². The molecule has 1 aromatic carbocycles. The molecule has 1 N–H and O–H groups in total. The van der Waals surface area contributed by atoms with Crippen LogP contribution in [0.5, 0.6) is 0 Å². The number of nitrogens with zero attached hydrogens (tertiary/aromatic N) is 2. The predicted octanol–water partition coefficient (Wildman–Crippen LogP) is 2.42. The molecule has 1 heterocycles. The van der Waals surface area contributed by atoms with E-state index >= 15 is 0 Å². The van der Waals surface area contributed by atoms with E-state index in [-0.39, 0.29) is 5.82 Å². The molecule has 1 aromatic heterocycles. The molecule has 0 saturated carbocycles. The molecule has 0 amide bonds. The third kappa shape index (κ3) is 3.49. The Morgan fingerprint density at radius 1 is 1.32 bits per heavy atom. The maximum Gasteiger partial charge on any atom is 0.132 e. The topological polar surface area (TPSA) is 28.2 Å². The van der Waals surface area contributed by atoms with Gasteiger partial charge in [0.2, 0.25) is 0 Å². The monoisotopic (exact) mass is 261 g/mol. The number of benzene rings is 1. The second-order valence-corrected chi connectivity index (χ2v) is 4.80. The molecule has 3 nitrogen and oxygen atoms in total. The van der Waals surface area contributed by atoms with Crippen molar-refractivity contribution in [2.24, 2.45) is 0 Å². The maximum absolute atomic E-state index is 13.7. The summed E-state index contributed by atoms with van der Waals surface area (Å²) in [4.78, 5) is 6.55. The number of hydrogen-bond acceptors (Lipinski definition) is 3. The van der Waals surface area contributed by atoms with Crippen LogP contribution < -0.4 is 5.32 Å². The Morgan fingerprint density at radius 2 is 2.16 bits per heavy atom. The van der Waals surface area contributed by atoms with Crippen LogP contribution in [0.2, 0.25) is 0 Å². The Bertz CT molecular complexity index is 542. The summed E-state index contributed by atoms with van der Waals surface area (Å²) in [6, 6.07) is 6.91. The van der Waals surface area contributed by atoms with Gasteiger partial charge in [0.25, 0.3) is 0 Å². The van der Waals surface area contributed by atoms with Gasteiger partial charge >= 0.3 is 0 Å². The van der Waals surface area contributed by atoms with E-state index in [4.69, 9.17) is 0 Å². The van der Waals surface area contributed by atoms with Crippen LogP contribution in [0, 0.1) is 5.82 Å². The number of aromatic nitrogens is 1. The lowest BCUT2D eigenvalue weighted by Gasteiger charge is -2.17. The lowest BCUT2D eigenvalue weighted by Crippen LogP contribution is -2.22. The third-order valence-corrected chi connectivity index (χ3v) is 3.21. The zero-order valence-electron chi connectivity index (χ0n) is 11.5. The van der Waals surface area contributed by atoms with Gasteiger partial charge in [-0.05, 0) is 57.4 Å². The van der Waals surface area contributed by atoms with Crippen molar-refractivity contribution < 1.29 is 4.39 Å². The first-order chi connectivity index (χ1) is 9.22. The summed E-state index contributed by atoms with van der Waals surface area (Å²) in [6.45, 7) is 2.80. The fourth-order valence-electron chi connectivity index (χ4n) is 2.22. The molecule has 0 unspecified atom stereocenters. The van der Waals surface area contributed by atoms with Crippen LogP contribution in [0.25, 0.3) is 10.9 Å². The summed E-state index contributed by atoms with van der Waals surface area (Å²) < 4.78 is 13.7. The smallest absolute Gasteiger partial charge is 0.132 e. The van der Waals surface area contributed by atoms with E-state index in [9.17, 15) is 4.39 Å². The van der Waals surface area contributed by atoms with Gasteiger partial charge in [0.1, 0.15) is 5.82 Å². The number of fused-ring (bicyclic) bond motifs is 1. The van der Waals surface area contributed by atoms with Crippen LogP contribution in [-0.4, -0.2) is 37.1 Å². The Balaban J connectivity index is 2.14. The van der Waals surface area contributed by atoms with Crippen LogP contribution in [0.4, 0.5) is 4.39 Å². The van der Waals surface area contributed by atoms with Crippen LogP contribution >= 0.6 is 0 Å². The van der Waals surface area contributed by atoms with E-state index in [1.54, 1.807) is 18.3 Å². The Morgan fingerprint density at radius 3 is 2.95 bits per heavy atom. The molecule has 2 aromatic rings. The standard InChI is InChI=1S/C15H20FN3/c1-17-8-4-10-19(2)11-12-6-7-14(16)13-5-3-9-18-15(12)13/h3,5-7,9,17H,4,8,10-11H2,1-2H3. The highest BCUT2D eigenvalue weighted by Gasteiger charge is 2.08. The average molecular weight is 261 g/mol. The summed E-state index contributed by atoms with van der Waals surface area (Å²) in [5.41, 5.74) is 1.84. The molecule has 0 aliphatic rings. The fraction of sp³-hybridized carbons (Fsp3) is 0.400. The molecule has 0 atom stereocenters. The highest BCUT2D eigenvalue weighted by Crippen LogP contribution is 2.20. The second kappa shape index (κ2) is 6.59. The minimum Gasteiger partial charge on any atom is -0.320 e. The number of halogens is 1. The van der Waals surface area contributed by atoms with Crippen molar-refractivity contribution in [3.8, 4) is 0 Å². The lowest BCUT2D eigenvalue weighted by atomic mass is 10.1. The minimum atomic E-state index is -0.204. The molecule has 19 heavy (non-hydrogen) atoms. The van der Waals surface area contributed by atoms with E-state index in [1.165, 1.54) is 6.07 Å². The molecule has 0 aliphatic heterocycles. The zero-order valence-corrected chi connectivity index (χ0v) is 11.5. The third-order valence-electron chi connectivity index (χ3n) is 3.21. The van der Waals surface area contributed by atoms with E-state index in [1.807, 2.05) is 13.1 Å². The average Bonchev–Trinajstić information content (AvgIpc) is 2.43. The van der Waals surface area contributed by atoms with Gasteiger partial charge in [-0.25, -0.2) is 4.39 Å². The van der Waals surface area contributed by atoms with Crippen LogP contribution in [-0.2, 0) is 6.54 Å². The van der Waals surface area contributed by atoms with Gasteiger partial charge in [0, 0.05) is 18.1 Å². The summed E-state index contributed by atoms with van der Waals surface area (Å²) in [7, 11) is 4.03. The predicted molar refractivity (Wildman–Crippen MR) is 76.6 cm³/mol. The molecule has 0 bridgehead atoms. The summed E-state index contributed by atoms with van der Waals surface area (Å²) >= 11 is 0. The molecule has 2 rings (SSSR count). The lowest BCUT2D eigenvalue weighted by molar-refractivity contribution is 0.322. The molecule has 4 heteroatoms. The SMILES string of the molecule is CNCCCN(C)Cc1ccc(F)c2cccnc12. The largest absolute Gasteiger partial charge is 0.320 e. The van der Waals surface area contributed by atoms with Crippen molar-refractivity contribution in [3.63, 3.8) is 0 Å². The number of pyridine rings is 1. The van der Waals surface area contributed by atoms with Gasteiger partial charge in [0.15, 0.2) is 0 Å². The Hall–Kier alpha value is -1.52. The van der Waals surface area contributed by atoms with E-state index in [0.29, 0.717) is 5.39 Å². The summed E-state index contributed by atoms with van der Waals surface area (Å²) in [5, 5.41) is 3.74. The molecular weight excluding hydrogens is 241 g/mol. The minimum absolute atomic E-state index is 0.204. The van der Waals surface area contributed by atoms with Gasteiger partial charge in [-0.1, -0.05) is 6.07 Å². The van der Waals surface area contributed by atoms with Gasteiger partial charge in [-0.15, -0.1) is 0 Å². The molecule has 0 radical (unpaired) electrons. The molecule has 0 aliphatic carbocycles. The summed E-state index contributed by atoms with van der Waals surface area (Å²) in [5.74, 6) is -0.204. The first-order valence-corrected chi connectivity index (χ1v) is 6.57. The quantitative estimate of drug-likeness (QED) is 0.809. The van der Waals surface area contributed by atoms with E-state index < -0.39 is 0 Å². The normalized spacial score (nSPS) is 11.4. The fourth-order valence-corrected chi connectivity index (χ4v) is 2.22. The number of rotatable bonds is 6. The molecule has 0 spiro atoms. The second-order valence-electron chi connectivity index (χ2n) is 4.80. The van der Waals surface area contributed by atoms with Gasteiger partial charge in [-0.3, -0.25) is 4.98 Å². The van der Waals surface area contributed by atoms with E-state index in [2.05, 4.69) is 22.2 Å².